The minimum absolute atomic E-state index is 0.0292. The standard InChI is InChI=1S/C16H35NO8P2/c1-2-3-4-5-6-7-8-9-10-12-15(18)17-14-11-13-16(19,26(20,21)22)27(23,24)25/h19H,2-14H2,1H3,(H,17,18)(H2,20,21,22)(H2,23,24,25). The van der Waals surface area contributed by atoms with E-state index in [9.17, 15) is 19.0 Å². The van der Waals surface area contributed by atoms with Crippen LogP contribution >= 0.6 is 15.2 Å². The summed E-state index contributed by atoms with van der Waals surface area (Å²) >= 11 is 0. The molecule has 0 bridgehead atoms. The smallest absolute Gasteiger partial charge is 0.368 e. The lowest BCUT2D eigenvalue weighted by molar-refractivity contribution is -0.121. The molecule has 0 aliphatic carbocycles. The SMILES string of the molecule is CCCCCCCCCCCC(=O)NCCCC(O)(P(=O)(O)O)P(=O)(O)O. The molecule has 0 radical (unpaired) electrons. The molecule has 0 aliphatic rings. The van der Waals surface area contributed by atoms with Crippen LogP contribution < -0.4 is 5.32 Å². The maximum absolute atomic E-state index is 11.7. The summed E-state index contributed by atoms with van der Waals surface area (Å²) in [5, 5.41) is 8.82. The number of amides is 1. The number of hydrogen-bond acceptors (Lipinski definition) is 4. The second-order valence-electron chi connectivity index (χ2n) is 6.89. The topological polar surface area (TPSA) is 164 Å². The number of nitrogens with one attached hydrogen (secondary N) is 1. The molecular weight excluding hydrogens is 396 g/mol. The fraction of sp³-hybridized carbons (Fsp3) is 0.938. The molecule has 0 rings (SSSR count). The summed E-state index contributed by atoms with van der Waals surface area (Å²) in [6.45, 7) is 2.15. The molecule has 0 fully saturated rings. The molecule has 0 unspecified atom stereocenters. The van der Waals surface area contributed by atoms with Crippen molar-refractivity contribution in [3.63, 3.8) is 0 Å². The van der Waals surface area contributed by atoms with E-state index in [-0.39, 0.29) is 18.9 Å². The number of hydrogen-bond donors (Lipinski definition) is 6. The van der Waals surface area contributed by atoms with E-state index < -0.39 is 26.7 Å². The molecule has 162 valence electrons. The summed E-state index contributed by atoms with van der Waals surface area (Å²) in [5.74, 6) is -0.228. The summed E-state index contributed by atoms with van der Waals surface area (Å²) in [5.41, 5.74) is 0. The zero-order valence-corrected chi connectivity index (χ0v) is 17.8. The van der Waals surface area contributed by atoms with Gasteiger partial charge in [-0.3, -0.25) is 13.9 Å². The van der Waals surface area contributed by atoms with E-state index in [1.807, 2.05) is 0 Å². The minimum atomic E-state index is -5.43. The van der Waals surface area contributed by atoms with Gasteiger partial charge < -0.3 is 30.0 Å². The molecule has 6 N–H and O–H groups in total. The van der Waals surface area contributed by atoms with Gasteiger partial charge in [0.2, 0.25) is 5.91 Å². The first-order chi connectivity index (χ1) is 12.5. The number of rotatable bonds is 16. The van der Waals surface area contributed by atoms with Crippen molar-refractivity contribution in [1.29, 1.82) is 0 Å². The van der Waals surface area contributed by atoms with Crippen LogP contribution in [0.1, 0.15) is 84.0 Å². The van der Waals surface area contributed by atoms with E-state index in [4.69, 9.17) is 19.6 Å². The molecular formula is C16H35NO8P2. The van der Waals surface area contributed by atoms with Gasteiger partial charge in [0, 0.05) is 19.4 Å². The predicted molar refractivity (Wildman–Crippen MR) is 103 cm³/mol. The first-order valence-corrected chi connectivity index (χ1v) is 12.8. The van der Waals surface area contributed by atoms with Crippen molar-refractivity contribution >= 4 is 21.1 Å². The molecule has 9 nitrogen and oxygen atoms in total. The molecule has 0 spiro atoms. The quantitative estimate of drug-likeness (QED) is 0.160. The first kappa shape index (κ1) is 26.7. The lowest BCUT2D eigenvalue weighted by Gasteiger charge is -2.29. The lowest BCUT2D eigenvalue weighted by Crippen LogP contribution is -2.31. The van der Waals surface area contributed by atoms with Crippen molar-refractivity contribution in [3.05, 3.63) is 0 Å². The van der Waals surface area contributed by atoms with Gasteiger partial charge in [-0.25, -0.2) is 0 Å². The summed E-state index contributed by atoms with van der Waals surface area (Å²) in [4.78, 5) is 47.7. The van der Waals surface area contributed by atoms with Crippen LogP contribution in [-0.2, 0) is 13.9 Å². The molecule has 0 aromatic heterocycles. The largest absolute Gasteiger partial charge is 0.369 e. The number of unbranched alkanes of at least 4 members (excludes halogenated alkanes) is 8. The Balaban J connectivity index is 3.89. The van der Waals surface area contributed by atoms with Crippen molar-refractivity contribution < 1.29 is 38.6 Å². The highest BCUT2D eigenvalue weighted by atomic mass is 31.2. The zero-order valence-electron chi connectivity index (χ0n) is 16.0. The van der Waals surface area contributed by atoms with Crippen LogP contribution in [0.3, 0.4) is 0 Å². The van der Waals surface area contributed by atoms with Gasteiger partial charge in [-0.15, -0.1) is 0 Å². The molecule has 0 aromatic rings. The second-order valence-corrected chi connectivity index (χ2v) is 10.9. The van der Waals surface area contributed by atoms with Crippen LogP contribution in [0.15, 0.2) is 0 Å². The average Bonchev–Trinajstić information content (AvgIpc) is 2.55. The molecule has 0 saturated carbocycles. The van der Waals surface area contributed by atoms with Gasteiger partial charge in [0.25, 0.3) is 5.08 Å². The Hall–Kier alpha value is -0.270. The number of carbonyl (C=O) groups is 1. The molecule has 0 heterocycles. The maximum atomic E-state index is 11.7. The Bertz CT molecular complexity index is 495. The fourth-order valence-corrected chi connectivity index (χ4v) is 4.96. The third-order valence-corrected chi connectivity index (χ3v) is 8.33. The van der Waals surface area contributed by atoms with Crippen molar-refractivity contribution in [2.45, 2.75) is 89.1 Å². The van der Waals surface area contributed by atoms with Gasteiger partial charge in [0.05, 0.1) is 0 Å². The molecule has 0 saturated heterocycles. The van der Waals surface area contributed by atoms with E-state index >= 15 is 0 Å². The van der Waals surface area contributed by atoms with Crippen LogP contribution in [-0.4, -0.2) is 42.2 Å². The molecule has 1 amide bonds. The molecule has 0 atom stereocenters. The zero-order chi connectivity index (χ0) is 21.0. The van der Waals surface area contributed by atoms with Crippen molar-refractivity contribution in [1.82, 2.24) is 5.32 Å². The van der Waals surface area contributed by atoms with Crippen molar-refractivity contribution in [2.24, 2.45) is 0 Å². The highest BCUT2D eigenvalue weighted by Crippen LogP contribution is 2.69. The van der Waals surface area contributed by atoms with Crippen LogP contribution in [0.25, 0.3) is 0 Å². The Morgan fingerprint density at radius 1 is 0.815 bits per heavy atom. The summed E-state index contributed by atoms with van der Waals surface area (Å²) < 4.78 is 22.4. The van der Waals surface area contributed by atoms with E-state index in [0.29, 0.717) is 6.42 Å². The van der Waals surface area contributed by atoms with Gasteiger partial charge in [-0.1, -0.05) is 58.3 Å². The Morgan fingerprint density at radius 3 is 1.70 bits per heavy atom. The fourth-order valence-electron chi connectivity index (χ4n) is 2.70. The second kappa shape index (κ2) is 13.0. The van der Waals surface area contributed by atoms with E-state index in [2.05, 4.69) is 12.2 Å². The summed E-state index contributed by atoms with van der Waals surface area (Å²) in [6, 6.07) is 0. The van der Waals surface area contributed by atoms with Gasteiger partial charge in [-0.05, 0) is 12.8 Å². The van der Waals surface area contributed by atoms with Gasteiger partial charge in [-0.2, -0.15) is 0 Å². The highest BCUT2D eigenvalue weighted by Gasteiger charge is 2.58. The van der Waals surface area contributed by atoms with Gasteiger partial charge in [0.15, 0.2) is 0 Å². The van der Waals surface area contributed by atoms with E-state index in [1.54, 1.807) is 0 Å². The Kier molecular flexibility index (Phi) is 12.9. The van der Waals surface area contributed by atoms with Crippen LogP contribution in [0, 0.1) is 0 Å². The maximum Gasteiger partial charge on any atom is 0.369 e. The van der Waals surface area contributed by atoms with Gasteiger partial charge in [0.1, 0.15) is 0 Å². The van der Waals surface area contributed by atoms with E-state index in [1.165, 1.54) is 32.1 Å². The monoisotopic (exact) mass is 431 g/mol. The van der Waals surface area contributed by atoms with Crippen molar-refractivity contribution in [2.75, 3.05) is 6.54 Å². The number of aliphatic hydroxyl groups is 1. The lowest BCUT2D eigenvalue weighted by atomic mass is 10.1. The highest BCUT2D eigenvalue weighted by molar-refractivity contribution is 7.72. The third kappa shape index (κ3) is 10.7. The first-order valence-electron chi connectivity index (χ1n) is 9.56. The molecule has 27 heavy (non-hydrogen) atoms. The predicted octanol–water partition coefficient (Wildman–Crippen LogP) is 2.81. The minimum Gasteiger partial charge on any atom is -0.368 e. The molecule has 0 aliphatic heterocycles. The van der Waals surface area contributed by atoms with Crippen LogP contribution in [0.4, 0.5) is 0 Å². The normalized spacial score (nSPS) is 13.0. The summed E-state index contributed by atoms with van der Waals surface area (Å²) in [6.07, 6.45) is 9.54. The summed E-state index contributed by atoms with van der Waals surface area (Å²) in [7, 11) is -10.9. The Morgan fingerprint density at radius 2 is 1.26 bits per heavy atom. The van der Waals surface area contributed by atoms with E-state index in [0.717, 1.165) is 25.7 Å². The Labute approximate surface area is 161 Å². The molecule has 11 heteroatoms. The van der Waals surface area contributed by atoms with Crippen LogP contribution in [0.2, 0.25) is 0 Å². The van der Waals surface area contributed by atoms with Gasteiger partial charge >= 0.3 is 15.2 Å². The molecule has 0 aromatic carbocycles. The van der Waals surface area contributed by atoms with Crippen LogP contribution in [0.5, 0.6) is 0 Å². The average molecular weight is 431 g/mol. The van der Waals surface area contributed by atoms with Crippen molar-refractivity contribution in [3.8, 4) is 0 Å². The third-order valence-electron chi connectivity index (χ3n) is 4.45. The number of carbonyl (C=O) groups excluding carboxylic acids is 1.